The molecule has 28 heavy (non-hydrogen) atoms. The predicted molar refractivity (Wildman–Crippen MR) is 109 cm³/mol. The number of ether oxygens (including phenoxy) is 1. The molecule has 5 rings (SSSR count). The fraction of sp³-hybridized carbons (Fsp3) is 0.381. The number of aromatic nitrogens is 5. The molecule has 7 heteroatoms. The van der Waals surface area contributed by atoms with Gasteiger partial charge in [-0.3, -0.25) is 5.10 Å². The Morgan fingerprint density at radius 1 is 1.21 bits per heavy atom. The zero-order chi connectivity index (χ0) is 19.1. The molecular formula is C21H24N6O. The Hall–Kier alpha value is -2.93. The van der Waals surface area contributed by atoms with E-state index in [4.69, 9.17) is 9.84 Å². The van der Waals surface area contributed by atoms with Gasteiger partial charge in [-0.1, -0.05) is 6.07 Å². The van der Waals surface area contributed by atoms with Crippen molar-refractivity contribution in [2.45, 2.75) is 33.1 Å². The largest absolute Gasteiger partial charge is 0.381 e. The van der Waals surface area contributed by atoms with E-state index in [2.05, 4.69) is 45.6 Å². The fourth-order valence-corrected chi connectivity index (χ4v) is 4.16. The number of anilines is 2. The average molecular weight is 376 g/mol. The number of hydrogen-bond donors (Lipinski definition) is 2. The van der Waals surface area contributed by atoms with Crippen LogP contribution in [0.4, 0.5) is 11.6 Å². The Morgan fingerprint density at radius 2 is 2.07 bits per heavy atom. The number of fused-ring (bicyclic) bond motifs is 2. The second-order valence-corrected chi connectivity index (χ2v) is 7.64. The first-order valence-electron chi connectivity index (χ1n) is 9.82. The first-order valence-corrected chi connectivity index (χ1v) is 9.82. The van der Waals surface area contributed by atoms with E-state index < -0.39 is 0 Å². The van der Waals surface area contributed by atoms with Gasteiger partial charge in [-0.05, 0) is 68.9 Å². The maximum absolute atomic E-state index is 5.48. The van der Waals surface area contributed by atoms with E-state index in [9.17, 15) is 0 Å². The van der Waals surface area contributed by atoms with Crippen LogP contribution in [0.2, 0.25) is 0 Å². The third-order valence-corrected chi connectivity index (χ3v) is 5.57. The van der Waals surface area contributed by atoms with Crippen LogP contribution < -0.4 is 5.32 Å². The SMILES string of the molecule is Cc1cc(Nc2nc3cccc(CC4CCOCC4)n3n2)cc2n[nH]c(C)c12. The lowest BCUT2D eigenvalue weighted by Crippen LogP contribution is -2.18. The molecule has 0 spiro atoms. The Labute approximate surface area is 163 Å². The zero-order valence-electron chi connectivity index (χ0n) is 16.2. The van der Waals surface area contributed by atoms with Gasteiger partial charge in [0.15, 0.2) is 5.65 Å². The average Bonchev–Trinajstić information content (AvgIpc) is 3.27. The van der Waals surface area contributed by atoms with E-state index in [0.29, 0.717) is 11.9 Å². The number of nitrogens with zero attached hydrogens (tertiary/aromatic N) is 4. The summed E-state index contributed by atoms with van der Waals surface area (Å²) in [6, 6.07) is 10.3. The van der Waals surface area contributed by atoms with Crippen molar-refractivity contribution in [3.63, 3.8) is 0 Å². The second-order valence-electron chi connectivity index (χ2n) is 7.64. The van der Waals surface area contributed by atoms with Crippen molar-refractivity contribution in [2.24, 2.45) is 5.92 Å². The minimum Gasteiger partial charge on any atom is -0.381 e. The van der Waals surface area contributed by atoms with Gasteiger partial charge in [0.2, 0.25) is 5.95 Å². The van der Waals surface area contributed by atoms with E-state index in [1.807, 2.05) is 23.6 Å². The fourth-order valence-electron chi connectivity index (χ4n) is 4.16. The number of benzene rings is 1. The number of H-pyrrole nitrogens is 1. The van der Waals surface area contributed by atoms with Crippen LogP contribution in [0.3, 0.4) is 0 Å². The predicted octanol–water partition coefficient (Wildman–Crippen LogP) is 3.94. The Kier molecular flexibility index (Phi) is 4.24. The van der Waals surface area contributed by atoms with E-state index >= 15 is 0 Å². The summed E-state index contributed by atoms with van der Waals surface area (Å²) in [6.45, 7) is 5.86. The molecule has 7 nitrogen and oxygen atoms in total. The molecule has 1 fully saturated rings. The van der Waals surface area contributed by atoms with Crippen molar-refractivity contribution in [1.82, 2.24) is 24.8 Å². The monoisotopic (exact) mass is 376 g/mol. The number of rotatable bonds is 4. The molecule has 0 amide bonds. The molecule has 1 aromatic carbocycles. The van der Waals surface area contributed by atoms with Crippen molar-refractivity contribution >= 4 is 28.2 Å². The first-order chi connectivity index (χ1) is 13.7. The van der Waals surface area contributed by atoms with Crippen molar-refractivity contribution in [1.29, 1.82) is 0 Å². The van der Waals surface area contributed by atoms with Crippen LogP contribution in [0.5, 0.6) is 0 Å². The molecule has 0 aliphatic carbocycles. The minimum absolute atomic E-state index is 0.602. The van der Waals surface area contributed by atoms with Crippen LogP contribution in [-0.4, -0.2) is 38.0 Å². The van der Waals surface area contributed by atoms with Crippen molar-refractivity contribution in [3.8, 4) is 0 Å². The van der Waals surface area contributed by atoms with E-state index in [1.165, 1.54) is 16.6 Å². The van der Waals surface area contributed by atoms with Gasteiger partial charge in [0.25, 0.3) is 0 Å². The molecule has 0 radical (unpaired) electrons. The van der Waals surface area contributed by atoms with Crippen LogP contribution in [0.1, 0.15) is 29.8 Å². The summed E-state index contributed by atoms with van der Waals surface area (Å²) in [4.78, 5) is 4.66. The van der Waals surface area contributed by atoms with E-state index in [1.54, 1.807) is 0 Å². The molecule has 4 heterocycles. The highest BCUT2D eigenvalue weighted by molar-refractivity contribution is 5.88. The number of hydrogen-bond acceptors (Lipinski definition) is 5. The molecule has 0 unspecified atom stereocenters. The summed E-state index contributed by atoms with van der Waals surface area (Å²) in [5.41, 5.74) is 6.21. The third-order valence-electron chi connectivity index (χ3n) is 5.57. The molecule has 0 saturated carbocycles. The lowest BCUT2D eigenvalue weighted by atomic mass is 9.95. The van der Waals surface area contributed by atoms with Gasteiger partial charge in [-0.15, -0.1) is 5.10 Å². The molecule has 3 aromatic heterocycles. The first kappa shape index (κ1) is 17.2. The van der Waals surface area contributed by atoms with Crippen LogP contribution in [0, 0.1) is 19.8 Å². The second kappa shape index (κ2) is 6.91. The normalized spacial score (nSPS) is 15.5. The van der Waals surface area contributed by atoms with Gasteiger partial charge in [0.1, 0.15) is 0 Å². The van der Waals surface area contributed by atoms with E-state index in [0.717, 1.165) is 55.0 Å². The smallest absolute Gasteiger partial charge is 0.247 e. The van der Waals surface area contributed by atoms with Crippen molar-refractivity contribution in [2.75, 3.05) is 18.5 Å². The zero-order valence-corrected chi connectivity index (χ0v) is 16.2. The van der Waals surface area contributed by atoms with Gasteiger partial charge in [0.05, 0.1) is 5.52 Å². The van der Waals surface area contributed by atoms with Gasteiger partial charge < -0.3 is 10.1 Å². The topological polar surface area (TPSA) is 80.1 Å². The molecule has 4 aromatic rings. The molecule has 144 valence electrons. The highest BCUT2D eigenvalue weighted by Gasteiger charge is 2.17. The van der Waals surface area contributed by atoms with E-state index in [-0.39, 0.29) is 0 Å². The summed E-state index contributed by atoms with van der Waals surface area (Å²) in [5, 5.41) is 16.7. The van der Waals surface area contributed by atoms with Crippen LogP contribution >= 0.6 is 0 Å². The summed E-state index contributed by atoms with van der Waals surface area (Å²) >= 11 is 0. The molecule has 0 atom stereocenters. The van der Waals surface area contributed by atoms with Crippen molar-refractivity contribution < 1.29 is 4.74 Å². The Bertz CT molecular complexity index is 1140. The third kappa shape index (κ3) is 3.11. The van der Waals surface area contributed by atoms with Gasteiger partial charge in [-0.25, -0.2) is 4.52 Å². The summed E-state index contributed by atoms with van der Waals surface area (Å²) in [5.74, 6) is 1.25. The molecule has 1 aliphatic rings. The maximum atomic E-state index is 5.48. The Morgan fingerprint density at radius 3 is 2.93 bits per heavy atom. The summed E-state index contributed by atoms with van der Waals surface area (Å²) in [6.07, 6.45) is 3.22. The number of pyridine rings is 1. The molecule has 2 N–H and O–H groups in total. The molecule has 1 saturated heterocycles. The van der Waals surface area contributed by atoms with Gasteiger partial charge >= 0.3 is 0 Å². The lowest BCUT2D eigenvalue weighted by Gasteiger charge is -2.21. The maximum Gasteiger partial charge on any atom is 0.247 e. The van der Waals surface area contributed by atoms with Crippen LogP contribution in [0.25, 0.3) is 16.6 Å². The number of aryl methyl sites for hydroxylation is 2. The summed E-state index contributed by atoms with van der Waals surface area (Å²) in [7, 11) is 0. The quantitative estimate of drug-likeness (QED) is 0.564. The number of aromatic amines is 1. The minimum atomic E-state index is 0.602. The van der Waals surface area contributed by atoms with Gasteiger partial charge in [-0.2, -0.15) is 10.1 Å². The lowest BCUT2D eigenvalue weighted by molar-refractivity contribution is 0.0661. The van der Waals surface area contributed by atoms with Crippen molar-refractivity contribution in [3.05, 3.63) is 47.3 Å². The molecular weight excluding hydrogens is 352 g/mol. The summed E-state index contributed by atoms with van der Waals surface area (Å²) < 4.78 is 7.45. The standard InChI is InChI=1S/C21H24N6O/c1-13-10-16(12-18-20(13)14(2)24-25-18)22-21-23-19-5-3-4-17(27(19)26-21)11-15-6-8-28-9-7-15/h3-5,10,12,15H,6-9,11H2,1-2H3,(H,22,26)(H,24,25). The number of nitrogens with one attached hydrogen (secondary N) is 2. The highest BCUT2D eigenvalue weighted by atomic mass is 16.5. The van der Waals surface area contributed by atoms with Crippen LogP contribution in [-0.2, 0) is 11.2 Å². The Balaban J connectivity index is 1.44. The highest BCUT2D eigenvalue weighted by Crippen LogP contribution is 2.26. The van der Waals surface area contributed by atoms with Gasteiger partial charge in [0, 0.05) is 35.7 Å². The molecule has 0 bridgehead atoms. The van der Waals surface area contributed by atoms with Crippen LogP contribution in [0.15, 0.2) is 30.3 Å². The molecule has 1 aliphatic heterocycles.